The molecule has 0 fully saturated rings. The molecule has 15 heteroatoms. The third-order valence-corrected chi connectivity index (χ3v) is 13.6. The van der Waals surface area contributed by atoms with Crippen LogP contribution >= 0.6 is 0 Å². The molecule has 10 aromatic carbocycles. The van der Waals surface area contributed by atoms with Crippen LogP contribution in [-0.2, 0) is 0 Å². The van der Waals surface area contributed by atoms with Crippen LogP contribution in [0.2, 0.25) is 0 Å². The molecule has 0 aliphatic heterocycles. The Labute approximate surface area is 427 Å². The van der Waals surface area contributed by atoms with Gasteiger partial charge in [-0.2, -0.15) is 10.2 Å². The van der Waals surface area contributed by atoms with Crippen LogP contribution < -0.4 is 0 Å². The third kappa shape index (κ3) is 6.94. The van der Waals surface area contributed by atoms with E-state index in [0.717, 1.165) is 11.0 Å². The number of rotatable bonds is 8. The maximum Gasteiger partial charge on any atom is 0.231 e. The van der Waals surface area contributed by atoms with Crippen LogP contribution in [0.5, 0.6) is 11.5 Å². The number of ketones is 1. The maximum absolute atomic E-state index is 14.3. The van der Waals surface area contributed by atoms with Crippen LogP contribution in [0.3, 0.4) is 0 Å². The molecule has 0 unspecified atom stereocenters. The fourth-order valence-corrected chi connectivity index (χ4v) is 9.91. The van der Waals surface area contributed by atoms with Crippen molar-refractivity contribution in [2.24, 2.45) is 20.5 Å². The molecule has 2 N–H and O–H groups in total. The first-order chi connectivity index (χ1) is 37.3. The van der Waals surface area contributed by atoms with Crippen molar-refractivity contribution in [2.45, 2.75) is 0 Å². The Morgan fingerprint density at radius 1 is 0.342 bits per heavy atom. The van der Waals surface area contributed by atoms with Crippen molar-refractivity contribution in [3.8, 4) is 68.4 Å². The molecule has 4 aromatic heterocycles. The molecule has 0 radical (unpaired) electrons. The Kier molecular flexibility index (Phi) is 9.31. The smallest absolute Gasteiger partial charge is 0.231 e. The zero-order chi connectivity index (χ0) is 50.6. The summed E-state index contributed by atoms with van der Waals surface area (Å²) >= 11 is 0. The number of para-hydroxylation sites is 8. The predicted octanol–water partition coefficient (Wildman–Crippen LogP) is 16.7. The fraction of sp³-hybridized carbons (Fsp3) is 0. The second-order valence-electron chi connectivity index (χ2n) is 18.3. The Bertz CT molecular complexity index is 4420. The van der Waals surface area contributed by atoms with Crippen molar-refractivity contribution in [1.29, 1.82) is 0 Å². The lowest BCUT2D eigenvalue weighted by molar-refractivity contribution is 0.104. The van der Waals surface area contributed by atoms with E-state index in [1.807, 2.05) is 146 Å². The summed E-state index contributed by atoms with van der Waals surface area (Å²) < 4.78 is 24.5. The molecular formula is C61H32N8O7. The van der Waals surface area contributed by atoms with E-state index in [-0.39, 0.29) is 40.4 Å². The first-order valence-electron chi connectivity index (χ1n) is 24.0. The lowest BCUT2D eigenvalue weighted by Gasteiger charge is -2.10. The van der Waals surface area contributed by atoms with Gasteiger partial charge in [-0.25, -0.2) is 19.9 Å². The summed E-state index contributed by atoms with van der Waals surface area (Å²) in [6.07, 6.45) is 0. The van der Waals surface area contributed by atoms with Crippen molar-refractivity contribution in [3.63, 3.8) is 0 Å². The highest BCUT2D eigenvalue weighted by molar-refractivity contribution is 6.22. The minimum Gasteiger partial charge on any atom is -0.505 e. The average molecular weight is 989 g/mol. The van der Waals surface area contributed by atoms with Gasteiger partial charge in [-0.15, -0.1) is 10.2 Å². The van der Waals surface area contributed by atoms with Crippen LogP contribution in [0, 0.1) is 0 Å². The number of hydrogen-bond donors (Lipinski definition) is 2. The number of phenols is 2. The Balaban J connectivity index is 0.769. The van der Waals surface area contributed by atoms with Crippen molar-refractivity contribution >= 4 is 94.5 Å². The molecule has 1 aliphatic rings. The number of nitrogens with zero attached hydrogens (tertiary/aromatic N) is 8. The molecule has 0 saturated heterocycles. The quantitative estimate of drug-likeness (QED) is 0.137. The summed E-state index contributed by atoms with van der Waals surface area (Å²) in [4.78, 5) is 33.0. The van der Waals surface area contributed by atoms with Gasteiger partial charge in [0.15, 0.2) is 39.6 Å². The molecular weight excluding hydrogens is 957 g/mol. The molecule has 0 atom stereocenters. The molecule has 76 heavy (non-hydrogen) atoms. The highest BCUT2D eigenvalue weighted by atomic mass is 16.4. The third-order valence-electron chi connectivity index (χ3n) is 13.6. The van der Waals surface area contributed by atoms with E-state index in [1.54, 1.807) is 36.4 Å². The summed E-state index contributed by atoms with van der Waals surface area (Å²) in [6.45, 7) is 0. The van der Waals surface area contributed by atoms with E-state index in [9.17, 15) is 15.0 Å². The molecule has 1 aliphatic carbocycles. The van der Waals surface area contributed by atoms with Crippen molar-refractivity contribution in [1.82, 2.24) is 19.9 Å². The minimum absolute atomic E-state index is 0.172. The largest absolute Gasteiger partial charge is 0.505 e. The van der Waals surface area contributed by atoms with E-state index < -0.39 is 0 Å². The summed E-state index contributed by atoms with van der Waals surface area (Å²) in [7, 11) is 0. The molecule has 0 spiro atoms. The monoisotopic (exact) mass is 988 g/mol. The van der Waals surface area contributed by atoms with Crippen molar-refractivity contribution in [2.75, 3.05) is 0 Å². The molecule has 15 rings (SSSR count). The minimum atomic E-state index is -0.241. The number of carbonyl (C=O) groups excluding carboxylic acids is 1. The summed E-state index contributed by atoms with van der Waals surface area (Å²) in [5, 5.41) is 44.9. The number of aromatic hydroxyl groups is 2. The number of azo groups is 2. The standard InChI is InChI=1S/C61H32N8O7/c70-55-41-29-35(66-68-53-37-21-17-31(58-62-45-9-1-5-13-49(45)73-58)25-33(37)27-43(56(53)71)60-64-47-11-3-7-15-51(47)75-60)19-23-39(41)40-24-20-36(30-42(40)55)67-69-54-38-22-18-32(59-63-46-10-2-6-14-50(46)74-59)26-34(38)28-44(57(54)72)61-65-48-12-4-8-16-52(48)76-61/h1-30,71-72H. The molecule has 14 aromatic rings. The van der Waals surface area contributed by atoms with E-state index in [4.69, 9.17) is 27.6 Å². The van der Waals surface area contributed by atoms with Crippen LogP contribution in [0.4, 0.5) is 22.7 Å². The lowest BCUT2D eigenvalue weighted by atomic mass is 10.0. The highest BCUT2D eigenvalue weighted by Gasteiger charge is 2.28. The number of carbonyl (C=O) groups is 1. The first kappa shape index (κ1) is 42.7. The van der Waals surface area contributed by atoms with Crippen molar-refractivity contribution in [3.05, 3.63) is 193 Å². The van der Waals surface area contributed by atoms with E-state index in [2.05, 4.69) is 30.4 Å². The topological polar surface area (TPSA) is 211 Å². The van der Waals surface area contributed by atoms with Gasteiger partial charge >= 0.3 is 0 Å². The van der Waals surface area contributed by atoms with Crippen molar-refractivity contribution < 1.29 is 32.7 Å². The maximum atomic E-state index is 14.3. The van der Waals surface area contributed by atoms with Crippen LogP contribution in [0.25, 0.3) is 123 Å². The van der Waals surface area contributed by atoms with Gasteiger partial charge in [0.1, 0.15) is 33.4 Å². The van der Waals surface area contributed by atoms with Crippen LogP contribution in [-0.4, -0.2) is 35.9 Å². The molecule has 15 nitrogen and oxygen atoms in total. The number of oxazole rings is 4. The van der Waals surface area contributed by atoms with Gasteiger partial charge in [0, 0.05) is 33.0 Å². The molecule has 0 amide bonds. The number of benzene rings is 10. The fourth-order valence-electron chi connectivity index (χ4n) is 9.91. The van der Waals surface area contributed by atoms with Gasteiger partial charge in [0.25, 0.3) is 0 Å². The van der Waals surface area contributed by atoms with E-state index in [1.165, 1.54) is 0 Å². The van der Waals surface area contributed by atoms with E-state index in [0.29, 0.717) is 123 Å². The van der Waals surface area contributed by atoms with Gasteiger partial charge in [-0.1, -0.05) is 72.8 Å². The summed E-state index contributed by atoms with van der Waals surface area (Å²) in [5.74, 6) is 0.661. The zero-order valence-electron chi connectivity index (χ0n) is 39.3. The zero-order valence-corrected chi connectivity index (χ0v) is 39.3. The van der Waals surface area contributed by atoms with Gasteiger partial charge in [-0.05, 0) is 131 Å². The lowest BCUT2D eigenvalue weighted by Crippen LogP contribution is -1.94. The number of aromatic nitrogens is 4. The van der Waals surface area contributed by atoms with Crippen LogP contribution in [0.15, 0.2) is 220 Å². The second-order valence-corrected chi connectivity index (χ2v) is 18.3. The number of fused-ring (bicyclic) bond motifs is 9. The Morgan fingerprint density at radius 3 is 1.11 bits per heavy atom. The molecule has 358 valence electrons. The summed E-state index contributed by atoms with van der Waals surface area (Å²) in [5.41, 5.74) is 10.6. The van der Waals surface area contributed by atoms with Gasteiger partial charge in [-0.3, -0.25) is 4.79 Å². The summed E-state index contributed by atoms with van der Waals surface area (Å²) in [6, 6.07) is 55.1. The van der Waals surface area contributed by atoms with Gasteiger partial charge < -0.3 is 27.9 Å². The Morgan fingerprint density at radius 2 is 0.711 bits per heavy atom. The molecule has 0 saturated carbocycles. The normalized spacial score (nSPS) is 12.5. The Hall–Kier alpha value is -10.9. The number of hydrogen-bond acceptors (Lipinski definition) is 15. The van der Waals surface area contributed by atoms with Crippen LogP contribution in [0.1, 0.15) is 15.9 Å². The second kappa shape index (κ2) is 16.6. The van der Waals surface area contributed by atoms with Gasteiger partial charge in [0.2, 0.25) is 23.6 Å². The molecule has 0 bridgehead atoms. The SMILES string of the molecule is O=C1c2cc(N=Nc3c(O)c(-c4nc5ccccc5o4)cc4cc(-c5nc6ccccc6o5)ccc34)ccc2-c2ccc(N=Nc3c(O)c(-c4nc5ccccc5o4)cc4cc(-c5nc6ccccc6o5)ccc34)cc21. The highest BCUT2D eigenvalue weighted by Crippen LogP contribution is 2.48. The van der Waals surface area contributed by atoms with Gasteiger partial charge in [0.05, 0.1) is 22.5 Å². The van der Waals surface area contributed by atoms with E-state index >= 15 is 0 Å². The first-order valence-corrected chi connectivity index (χ1v) is 24.0. The average Bonchev–Trinajstić information content (AvgIpc) is 4.31. The number of phenolic OH excluding ortho intramolecular Hbond substituents is 2. The predicted molar refractivity (Wildman–Crippen MR) is 287 cm³/mol. The molecule has 4 heterocycles.